The highest BCUT2D eigenvalue weighted by Gasteiger charge is 2.12. The van der Waals surface area contributed by atoms with E-state index in [1.807, 2.05) is 24.3 Å². The first kappa shape index (κ1) is 20.5. The number of aliphatic hydroxyl groups excluding tert-OH is 1. The molecule has 1 aromatic heterocycles. The van der Waals surface area contributed by atoms with Crippen LogP contribution in [0.2, 0.25) is 0 Å². The molecule has 7 nitrogen and oxygen atoms in total. The van der Waals surface area contributed by atoms with E-state index in [2.05, 4.69) is 17.2 Å². The van der Waals surface area contributed by atoms with Crippen molar-refractivity contribution in [3.8, 4) is 17.4 Å². The highest BCUT2D eigenvalue weighted by atomic mass is 16.5. The zero-order valence-electron chi connectivity index (χ0n) is 15.9. The number of pyridine rings is 1. The zero-order valence-corrected chi connectivity index (χ0v) is 15.9. The van der Waals surface area contributed by atoms with Crippen LogP contribution in [-0.2, 0) is 6.54 Å². The van der Waals surface area contributed by atoms with E-state index in [9.17, 15) is 4.79 Å². The summed E-state index contributed by atoms with van der Waals surface area (Å²) in [6, 6.07) is 10.7. The molecule has 2 N–H and O–H groups in total. The van der Waals surface area contributed by atoms with Crippen LogP contribution < -0.4 is 14.8 Å². The van der Waals surface area contributed by atoms with Crippen LogP contribution in [0.15, 0.2) is 42.6 Å². The molecule has 0 aliphatic heterocycles. The molecule has 1 aromatic carbocycles. The molecule has 0 aliphatic rings. The van der Waals surface area contributed by atoms with Crippen LogP contribution in [-0.4, -0.2) is 47.8 Å². The van der Waals surface area contributed by atoms with Gasteiger partial charge in [0, 0.05) is 38.0 Å². The van der Waals surface area contributed by atoms with Crippen LogP contribution in [0.5, 0.6) is 17.4 Å². The molecule has 0 atom stereocenters. The van der Waals surface area contributed by atoms with Gasteiger partial charge in [-0.3, -0.25) is 0 Å². The summed E-state index contributed by atoms with van der Waals surface area (Å²) in [5, 5.41) is 12.0. The van der Waals surface area contributed by atoms with Crippen LogP contribution in [0.25, 0.3) is 0 Å². The summed E-state index contributed by atoms with van der Waals surface area (Å²) in [5.41, 5.74) is 0.862. The summed E-state index contributed by atoms with van der Waals surface area (Å²) >= 11 is 0. The van der Waals surface area contributed by atoms with Gasteiger partial charge in [-0.1, -0.05) is 25.5 Å². The van der Waals surface area contributed by atoms with Crippen LogP contribution >= 0.6 is 0 Å². The number of hydrogen-bond donors (Lipinski definition) is 2. The molecule has 0 saturated carbocycles. The maximum Gasteiger partial charge on any atom is 0.317 e. The van der Waals surface area contributed by atoms with E-state index in [-0.39, 0.29) is 12.6 Å². The van der Waals surface area contributed by atoms with E-state index in [0.717, 1.165) is 18.4 Å². The van der Waals surface area contributed by atoms with Crippen molar-refractivity contribution in [1.29, 1.82) is 0 Å². The minimum atomic E-state index is -0.186. The Bertz CT molecular complexity index is 707. The highest BCUT2D eigenvalue weighted by molar-refractivity contribution is 5.74. The van der Waals surface area contributed by atoms with Gasteiger partial charge in [0.15, 0.2) is 0 Å². The summed E-state index contributed by atoms with van der Waals surface area (Å²) in [6.07, 6.45) is 3.57. The molecule has 2 rings (SSSR count). The lowest BCUT2D eigenvalue weighted by atomic mass is 10.3. The Balaban J connectivity index is 1.88. The molecule has 146 valence electrons. The first-order valence-corrected chi connectivity index (χ1v) is 9.06. The van der Waals surface area contributed by atoms with Crippen molar-refractivity contribution in [1.82, 2.24) is 15.2 Å². The molecule has 0 fully saturated rings. The van der Waals surface area contributed by atoms with Gasteiger partial charge in [-0.25, -0.2) is 9.78 Å². The quantitative estimate of drug-likeness (QED) is 0.668. The predicted octanol–water partition coefficient (Wildman–Crippen LogP) is 3.19. The second-order valence-electron chi connectivity index (χ2n) is 6.01. The van der Waals surface area contributed by atoms with Crippen molar-refractivity contribution in [2.45, 2.75) is 26.3 Å². The normalized spacial score (nSPS) is 10.3. The number of aliphatic hydroxyl groups is 1. The van der Waals surface area contributed by atoms with Crippen LogP contribution in [0.1, 0.15) is 25.3 Å². The van der Waals surface area contributed by atoms with Crippen molar-refractivity contribution in [2.75, 3.05) is 26.8 Å². The number of hydrogen-bond acceptors (Lipinski definition) is 5. The van der Waals surface area contributed by atoms with Gasteiger partial charge < -0.3 is 24.8 Å². The SMILES string of the molecule is CCCCN(CCO)C(=O)NCc1ccc(Oc2cccc(OC)c2)nc1. The van der Waals surface area contributed by atoms with Gasteiger partial charge in [0.05, 0.1) is 13.7 Å². The third kappa shape index (κ3) is 6.79. The third-order valence-electron chi connectivity index (χ3n) is 3.94. The molecule has 2 aromatic rings. The third-order valence-corrected chi connectivity index (χ3v) is 3.94. The number of unbranched alkanes of at least 4 members (excludes halogenated alkanes) is 1. The Morgan fingerprint density at radius 3 is 2.70 bits per heavy atom. The first-order chi connectivity index (χ1) is 13.2. The molecule has 0 unspecified atom stereocenters. The minimum Gasteiger partial charge on any atom is -0.497 e. The maximum atomic E-state index is 12.2. The van der Waals surface area contributed by atoms with Crippen LogP contribution in [0, 0.1) is 0 Å². The molecular formula is C20H27N3O4. The molecule has 0 spiro atoms. The molecule has 0 aliphatic carbocycles. The van der Waals surface area contributed by atoms with E-state index in [1.165, 1.54) is 0 Å². The van der Waals surface area contributed by atoms with Gasteiger partial charge in [0.1, 0.15) is 11.5 Å². The Labute approximate surface area is 159 Å². The predicted molar refractivity (Wildman–Crippen MR) is 103 cm³/mol. The topological polar surface area (TPSA) is 83.9 Å². The molecule has 0 saturated heterocycles. The number of amides is 2. The second-order valence-corrected chi connectivity index (χ2v) is 6.01. The summed E-state index contributed by atoms with van der Waals surface area (Å²) in [5.74, 6) is 1.81. The Kier molecular flexibility index (Phi) is 8.38. The molecular weight excluding hydrogens is 346 g/mol. The molecule has 0 radical (unpaired) electrons. The maximum absolute atomic E-state index is 12.2. The Hall–Kier alpha value is -2.80. The number of methoxy groups -OCH3 is 1. The van der Waals surface area contributed by atoms with E-state index in [4.69, 9.17) is 14.6 Å². The number of carbonyl (C=O) groups excluding carboxylic acids is 1. The van der Waals surface area contributed by atoms with Crippen molar-refractivity contribution in [2.24, 2.45) is 0 Å². The minimum absolute atomic E-state index is 0.0466. The fourth-order valence-corrected chi connectivity index (χ4v) is 2.44. The molecule has 7 heteroatoms. The fraction of sp³-hybridized carbons (Fsp3) is 0.400. The lowest BCUT2D eigenvalue weighted by Gasteiger charge is -2.22. The van der Waals surface area contributed by atoms with Crippen molar-refractivity contribution >= 4 is 6.03 Å². The van der Waals surface area contributed by atoms with Crippen molar-refractivity contribution in [3.63, 3.8) is 0 Å². The average Bonchev–Trinajstić information content (AvgIpc) is 2.70. The van der Waals surface area contributed by atoms with Gasteiger partial charge in [-0.05, 0) is 24.1 Å². The average molecular weight is 373 g/mol. The van der Waals surface area contributed by atoms with Gasteiger partial charge in [-0.15, -0.1) is 0 Å². The van der Waals surface area contributed by atoms with E-state index in [1.54, 1.807) is 30.3 Å². The number of benzene rings is 1. The van der Waals surface area contributed by atoms with E-state index < -0.39 is 0 Å². The number of rotatable bonds is 10. The Morgan fingerprint density at radius 2 is 2.04 bits per heavy atom. The summed E-state index contributed by atoms with van der Waals surface area (Å²) in [4.78, 5) is 18.1. The van der Waals surface area contributed by atoms with Gasteiger partial charge in [0.25, 0.3) is 0 Å². The van der Waals surface area contributed by atoms with Crippen molar-refractivity contribution in [3.05, 3.63) is 48.2 Å². The molecule has 27 heavy (non-hydrogen) atoms. The standard InChI is InChI=1S/C20H27N3O4/c1-3-4-10-23(11-12-24)20(25)22-15-16-8-9-19(21-14-16)27-18-7-5-6-17(13-18)26-2/h5-9,13-14,24H,3-4,10-12,15H2,1-2H3,(H,22,25). The largest absolute Gasteiger partial charge is 0.497 e. The summed E-state index contributed by atoms with van der Waals surface area (Å²) in [6.45, 7) is 3.34. The lowest BCUT2D eigenvalue weighted by Crippen LogP contribution is -2.41. The van der Waals surface area contributed by atoms with Gasteiger partial charge in [0.2, 0.25) is 5.88 Å². The lowest BCUT2D eigenvalue weighted by molar-refractivity contribution is 0.176. The van der Waals surface area contributed by atoms with E-state index >= 15 is 0 Å². The smallest absolute Gasteiger partial charge is 0.317 e. The fourth-order valence-electron chi connectivity index (χ4n) is 2.44. The van der Waals surface area contributed by atoms with Crippen LogP contribution in [0.3, 0.4) is 0 Å². The number of nitrogens with zero attached hydrogens (tertiary/aromatic N) is 2. The number of ether oxygens (including phenoxy) is 2. The number of urea groups is 1. The summed E-state index contributed by atoms with van der Waals surface area (Å²) < 4.78 is 10.9. The van der Waals surface area contributed by atoms with E-state index in [0.29, 0.717) is 37.0 Å². The second kappa shape index (κ2) is 11.0. The number of aromatic nitrogens is 1. The number of nitrogens with one attached hydrogen (secondary N) is 1. The van der Waals surface area contributed by atoms with Crippen molar-refractivity contribution < 1.29 is 19.4 Å². The Morgan fingerprint density at radius 1 is 1.22 bits per heavy atom. The first-order valence-electron chi connectivity index (χ1n) is 9.06. The molecule has 0 bridgehead atoms. The van der Waals surface area contributed by atoms with Crippen LogP contribution in [0.4, 0.5) is 4.79 Å². The van der Waals surface area contributed by atoms with Gasteiger partial charge >= 0.3 is 6.03 Å². The van der Waals surface area contributed by atoms with Gasteiger partial charge in [-0.2, -0.15) is 0 Å². The monoisotopic (exact) mass is 373 g/mol. The zero-order chi connectivity index (χ0) is 19.5. The summed E-state index contributed by atoms with van der Waals surface area (Å²) in [7, 11) is 1.60. The molecule has 2 amide bonds. The molecule has 1 heterocycles. The number of carbonyl (C=O) groups is 1. The highest BCUT2D eigenvalue weighted by Crippen LogP contribution is 2.23.